The minimum absolute atomic E-state index is 0.0172. The second-order valence-electron chi connectivity index (χ2n) is 6.87. The lowest BCUT2D eigenvalue weighted by atomic mass is 9.88. The highest BCUT2D eigenvalue weighted by Crippen LogP contribution is 2.42. The van der Waals surface area contributed by atoms with Gasteiger partial charge in [0.1, 0.15) is 12.4 Å². The molecule has 1 N–H and O–H groups in total. The Labute approximate surface area is 156 Å². The van der Waals surface area contributed by atoms with E-state index in [-0.39, 0.29) is 11.9 Å². The van der Waals surface area contributed by atoms with Gasteiger partial charge >= 0.3 is 0 Å². The Balaban J connectivity index is 1.43. The molecule has 3 nitrogen and oxygen atoms in total. The molecule has 2 aliphatic rings. The molecule has 1 amide bonds. The Bertz CT molecular complexity index is 991. The fourth-order valence-corrected chi connectivity index (χ4v) is 5.04. The molecule has 130 valence electrons. The lowest BCUT2D eigenvalue weighted by Gasteiger charge is -2.26. The molecule has 0 bridgehead atoms. The van der Waals surface area contributed by atoms with Crippen LogP contribution in [0, 0.1) is 0 Å². The number of ether oxygens (including phenoxy) is 1. The first-order valence-corrected chi connectivity index (χ1v) is 9.85. The predicted octanol–water partition coefficient (Wildman–Crippen LogP) is 5.11. The second-order valence-corrected chi connectivity index (χ2v) is 7.92. The summed E-state index contributed by atoms with van der Waals surface area (Å²) in [6.45, 7) is 0.530. The molecule has 0 radical (unpaired) electrons. The molecule has 1 aliphatic heterocycles. The summed E-state index contributed by atoms with van der Waals surface area (Å²) in [6, 6.07) is 18.6. The van der Waals surface area contributed by atoms with Crippen LogP contribution in [0.2, 0.25) is 0 Å². The van der Waals surface area contributed by atoms with Gasteiger partial charge in [-0.1, -0.05) is 36.4 Å². The van der Waals surface area contributed by atoms with E-state index in [9.17, 15) is 4.79 Å². The van der Waals surface area contributed by atoms with Crippen molar-refractivity contribution in [3.05, 3.63) is 76.2 Å². The number of hydrogen-bond acceptors (Lipinski definition) is 3. The maximum atomic E-state index is 12.9. The van der Waals surface area contributed by atoms with E-state index in [0.717, 1.165) is 45.9 Å². The van der Waals surface area contributed by atoms with Crippen LogP contribution in [0.4, 0.5) is 0 Å². The van der Waals surface area contributed by atoms with Gasteiger partial charge in [-0.3, -0.25) is 4.79 Å². The molecule has 2 aromatic carbocycles. The van der Waals surface area contributed by atoms with Crippen LogP contribution in [0.1, 0.15) is 45.2 Å². The van der Waals surface area contributed by atoms with E-state index in [1.807, 2.05) is 24.3 Å². The first-order valence-electron chi connectivity index (χ1n) is 9.03. The zero-order valence-corrected chi connectivity index (χ0v) is 15.1. The van der Waals surface area contributed by atoms with Crippen molar-refractivity contribution in [2.75, 3.05) is 0 Å². The van der Waals surface area contributed by atoms with Crippen molar-refractivity contribution < 1.29 is 9.53 Å². The lowest BCUT2D eigenvalue weighted by Crippen LogP contribution is -2.30. The van der Waals surface area contributed by atoms with E-state index in [0.29, 0.717) is 6.61 Å². The molecular weight excluding hydrogens is 342 g/mol. The number of para-hydroxylation sites is 1. The first-order chi connectivity index (χ1) is 12.8. The minimum atomic E-state index is 0.0172. The van der Waals surface area contributed by atoms with Gasteiger partial charge in [0.05, 0.1) is 10.9 Å². The third kappa shape index (κ3) is 2.61. The van der Waals surface area contributed by atoms with Crippen LogP contribution in [0.5, 0.6) is 5.75 Å². The number of carbonyl (C=O) groups is 1. The molecule has 3 aromatic rings. The number of carbonyl (C=O) groups excluding carboxylic acids is 1. The third-order valence-electron chi connectivity index (χ3n) is 5.22. The van der Waals surface area contributed by atoms with Crippen LogP contribution in [-0.2, 0) is 13.0 Å². The van der Waals surface area contributed by atoms with Crippen molar-refractivity contribution in [2.45, 2.75) is 31.9 Å². The van der Waals surface area contributed by atoms with Gasteiger partial charge in [0.2, 0.25) is 0 Å². The van der Waals surface area contributed by atoms with Crippen molar-refractivity contribution >= 4 is 17.2 Å². The van der Waals surface area contributed by atoms with Gasteiger partial charge < -0.3 is 10.1 Å². The monoisotopic (exact) mass is 361 g/mol. The highest BCUT2D eigenvalue weighted by molar-refractivity contribution is 7.17. The van der Waals surface area contributed by atoms with E-state index >= 15 is 0 Å². The van der Waals surface area contributed by atoms with Crippen LogP contribution in [0.25, 0.3) is 10.4 Å². The standard InChI is InChI=1S/C22H19NO2S/c24-22(23-18-10-5-7-14-6-1-2-8-16(14)18)20-12-15-13-25-19-11-4-3-9-17(19)21(15)26-20/h1-4,6,8-9,11-12,18H,5,7,10,13H2,(H,23,24). The van der Waals surface area contributed by atoms with Crippen LogP contribution in [0.15, 0.2) is 54.6 Å². The van der Waals surface area contributed by atoms with Crippen molar-refractivity contribution in [1.82, 2.24) is 5.32 Å². The Hall–Kier alpha value is -2.59. The van der Waals surface area contributed by atoms with Gasteiger partial charge in [-0.2, -0.15) is 0 Å². The van der Waals surface area contributed by atoms with E-state index < -0.39 is 0 Å². The van der Waals surface area contributed by atoms with Gasteiger partial charge in [-0.15, -0.1) is 11.3 Å². The topological polar surface area (TPSA) is 38.3 Å². The maximum Gasteiger partial charge on any atom is 0.261 e. The van der Waals surface area contributed by atoms with Crippen molar-refractivity contribution in [1.29, 1.82) is 0 Å². The van der Waals surface area contributed by atoms with Crippen LogP contribution < -0.4 is 10.1 Å². The molecule has 5 rings (SSSR count). The van der Waals surface area contributed by atoms with Crippen LogP contribution >= 0.6 is 11.3 Å². The SMILES string of the molecule is O=C(NC1CCCc2ccccc21)c1cc2c(s1)-c1ccccc1OC2. The normalized spacial score (nSPS) is 17.5. The number of hydrogen-bond donors (Lipinski definition) is 1. The first kappa shape index (κ1) is 15.6. The van der Waals surface area contributed by atoms with E-state index in [1.165, 1.54) is 11.1 Å². The zero-order valence-electron chi connectivity index (χ0n) is 14.3. The van der Waals surface area contributed by atoms with E-state index in [2.05, 4.69) is 35.6 Å². The summed E-state index contributed by atoms with van der Waals surface area (Å²) in [5.74, 6) is 0.915. The zero-order chi connectivity index (χ0) is 17.5. The molecule has 1 unspecified atom stereocenters. The number of amides is 1. The summed E-state index contributed by atoms with van der Waals surface area (Å²) in [4.78, 5) is 14.8. The molecule has 2 heterocycles. The molecule has 0 saturated heterocycles. The molecule has 1 aliphatic carbocycles. The fourth-order valence-electron chi connectivity index (χ4n) is 3.94. The highest BCUT2D eigenvalue weighted by Gasteiger charge is 2.25. The molecule has 0 fully saturated rings. The van der Waals surface area contributed by atoms with Crippen molar-refractivity contribution in [2.24, 2.45) is 0 Å². The summed E-state index contributed by atoms with van der Waals surface area (Å²) in [5, 5.41) is 3.26. The smallest absolute Gasteiger partial charge is 0.261 e. The average molecular weight is 361 g/mol. The quantitative estimate of drug-likeness (QED) is 0.688. The Kier molecular flexibility index (Phi) is 3.79. The summed E-state index contributed by atoms with van der Waals surface area (Å²) in [7, 11) is 0. The molecule has 1 atom stereocenters. The number of rotatable bonds is 2. The van der Waals surface area contributed by atoms with Crippen LogP contribution in [0.3, 0.4) is 0 Å². The van der Waals surface area contributed by atoms with Gasteiger partial charge in [-0.25, -0.2) is 0 Å². The number of aryl methyl sites for hydroxylation is 1. The molecule has 1 aromatic heterocycles. The molecule has 0 saturated carbocycles. The van der Waals surface area contributed by atoms with Crippen molar-refractivity contribution in [3.8, 4) is 16.2 Å². The highest BCUT2D eigenvalue weighted by atomic mass is 32.1. The summed E-state index contributed by atoms with van der Waals surface area (Å²) in [6.07, 6.45) is 3.22. The Morgan fingerprint density at radius 2 is 1.92 bits per heavy atom. The maximum absolute atomic E-state index is 12.9. The fraction of sp³-hybridized carbons (Fsp3) is 0.227. The van der Waals surface area contributed by atoms with E-state index in [1.54, 1.807) is 11.3 Å². The third-order valence-corrected chi connectivity index (χ3v) is 6.43. The lowest BCUT2D eigenvalue weighted by molar-refractivity contribution is 0.0937. The van der Waals surface area contributed by atoms with Crippen LogP contribution in [-0.4, -0.2) is 5.91 Å². The number of nitrogens with one attached hydrogen (secondary N) is 1. The second kappa shape index (κ2) is 6.29. The van der Waals surface area contributed by atoms with Gasteiger partial charge in [0.15, 0.2) is 0 Å². The number of benzene rings is 2. The number of fused-ring (bicyclic) bond motifs is 4. The summed E-state index contributed by atoms with van der Waals surface area (Å²) in [5.41, 5.74) is 4.81. The average Bonchev–Trinajstić information content (AvgIpc) is 3.13. The minimum Gasteiger partial charge on any atom is -0.488 e. The van der Waals surface area contributed by atoms with Gasteiger partial charge in [-0.05, 0) is 48.6 Å². The van der Waals surface area contributed by atoms with Crippen molar-refractivity contribution in [3.63, 3.8) is 0 Å². The molecule has 0 spiro atoms. The van der Waals surface area contributed by atoms with E-state index in [4.69, 9.17) is 4.74 Å². The Morgan fingerprint density at radius 3 is 2.88 bits per heavy atom. The number of thiophene rings is 1. The predicted molar refractivity (Wildman–Crippen MR) is 104 cm³/mol. The molecule has 4 heteroatoms. The molecular formula is C22H19NO2S. The summed E-state index contributed by atoms with van der Waals surface area (Å²) >= 11 is 1.56. The largest absolute Gasteiger partial charge is 0.488 e. The Morgan fingerprint density at radius 1 is 1.08 bits per heavy atom. The van der Waals surface area contributed by atoms with Gasteiger partial charge in [0, 0.05) is 16.0 Å². The molecule has 26 heavy (non-hydrogen) atoms. The summed E-state index contributed by atoms with van der Waals surface area (Å²) < 4.78 is 5.81. The van der Waals surface area contributed by atoms with Gasteiger partial charge in [0.25, 0.3) is 5.91 Å².